The van der Waals surface area contributed by atoms with Gasteiger partial charge in [0.1, 0.15) is 11.1 Å². The summed E-state index contributed by atoms with van der Waals surface area (Å²) >= 11 is 5.65. The van der Waals surface area contributed by atoms with Crippen molar-refractivity contribution in [2.45, 2.75) is 12.2 Å². The van der Waals surface area contributed by atoms with Crippen LogP contribution in [0.2, 0.25) is 5.02 Å². The van der Waals surface area contributed by atoms with Gasteiger partial charge in [0.25, 0.3) is 0 Å². The monoisotopic (exact) mass is 267 g/mol. The van der Waals surface area contributed by atoms with Crippen LogP contribution in [0.5, 0.6) is 0 Å². The highest BCUT2D eigenvalue weighted by atomic mass is 35.5. The molecule has 0 aliphatic rings. The van der Waals surface area contributed by atoms with E-state index >= 15 is 0 Å². The van der Waals surface area contributed by atoms with Crippen LogP contribution in [-0.4, -0.2) is 25.4 Å². The van der Waals surface area contributed by atoms with Crippen molar-refractivity contribution >= 4 is 27.3 Å². The van der Waals surface area contributed by atoms with Gasteiger partial charge in [-0.2, -0.15) is 0 Å². The van der Waals surface area contributed by atoms with Crippen LogP contribution in [0.4, 0.5) is 10.1 Å². The Morgan fingerprint density at radius 2 is 2.19 bits per heavy atom. The Hall–Kier alpha value is -0.850. The van der Waals surface area contributed by atoms with E-state index in [-0.39, 0.29) is 10.7 Å². The van der Waals surface area contributed by atoms with Gasteiger partial charge in [0, 0.05) is 0 Å². The van der Waals surface area contributed by atoms with E-state index in [2.05, 4.69) is 4.72 Å². The molecule has 0 aromatic heterocycles. The number of rotatable bonds is 4. The third-order valence-electron chi connectivity index (χ3n) is 1.97. The van der Waals surface area contributed by atoms with Gasteiger partial charge in [-0.05, 0) is 25.1 Å². The number of nitrogens with one attached hydrogen (secondary N) is 1. The number of aliphatic hydroxyl groups is 1. The highest BCUT2D eigenvalue weighted by Gasteiger charge is 2.20. The zero-order chi connectivity index (χ0) is 12.3. The summed E-state index contributed by atoms with van der Waals surface area (Å²) in [4.78, 5) is 0. The van der Waals surface area contributed by atoms with E-state index < -0.39 is 27.7 Å². The molecule has 2 N–H and O–H groups in total. The lowest BCUT2D eigenvalue weighted by Gasteiger charge is -2.13. The van der Waals surface area contributed by atoms with E-state index in [1.165, 1.54) is 13.0 Å². The van der Waals surface area contributed by atoms with Gasteiger partial charge in [0.05, 0.1) is 17.3 Å². The fourth-order valence-corrected chi connectivity index (χ4v) is 2.08. The van der Waals surface area contributed by atoms with Gasteiger partial charge in [-0.15, -0.1) is 0 Å². The third kappa shape index (κ3) is 3.07. The van der Waals surface area contributed by atoms with Gasteiger partial charge in [-0.3, -0.25) is 4.72 Å². The van der Waals surface area contributed by atoms with Crippen molar-refractivity contribution in [3.05, 3.63) is 29.0 Å². The Morgan fingerprint density at radius 3 is 2.69 bits per heavy atom. The summed E-state index contributed by atoms with van der Waals surface area (Å²) in [5, 5.41) is 7.75. The highest BCUT2D eigenvalue weighted by molar-refractivity contribution is 7.93. The van der Waals surface area contributed by atoms with E-state index in [4.69, 9.17) is 16.7 Å². The van der Waals surface area contributed by atoms with Gasteiger partial charge in [-0.25, -0.2) is 12.8 Å². The van der Waals surface area contributed by atoms with Crippen molar-refractivity contribution in [1.29, 1.82) is 0 Å². The molecule has 0 fully saturated rings. The maximum absolute atomic E-state index is 12.7. The van der Waals surface area contributed by atoms with Crippen LogP contribution < -0.4 is 4.72 Å². The molecule has 0 aliphatic heterocycles. The van der Waals surface area contributed by atoms with Crippen LogP contribution in [0.15, 0.2) is 18.2 Å². The third-order valence-corrected chi connectivity index (χ3v) is 4.00. The Labute approximate surface area is 98.1 Å². The molecule has 90 valence electrons. The minimum atomic E-state index is -3.71. The highest BCUT2D eigenvalue weighted by Crippen LogP contribution is 2.24. The van der Waals surface area contributed by atoms with Crippen molar-refractivity contribution in [2.75, 3.05) is 11.3 Å². The lowest BCUT2D eigenvalue weighted by molar-refractivity contribution is 0.296. The normalized spacial score (nSPS) is 13.5. The molecule has 7 heteroatoms. The fraction of sp³-hybridized carbons (Fsp3) is 0.333. The van der Waals surface area contributed by atoms with Gasteiger partial charge in [0.15, 0.2) is 0 Å². The minimum absolute atomic E-state index is 0.0336. The molecule has 1 rings (SSSR count). The zero-order valence-corrected chi connectivity index (χ0v) is 10.0. The molecule has 0 heterocycles. The fourth-order valence-electron chi connectivity index (χ4n) is 0.924. The molecule has 16 heavy (non-hydrogen) atoms. The van der Waals surface area contributed by atoms with Crippen molar-refractivity contribution < 1.29 is 17.9 Å². The number of sulfonamides is 1. The van der Waals surface area contributed by atoms with Crippen LogP contribution in [0.1, 0.15) is 6.92 Å². The molecular weight excluding hydrogens is 257 g/mol. The maximum Gasteiger partial charge on any atom is 0.237 e. The first-order valence-corrected chi connectivity index (χ1v) is 6.37. The number of hydrogen-bond donors (Lipinski definition) is 2. The summed E-state index contributed by atoms with van der Waals surface area (Å²) in [6, 6.07) is 3.32. The van der Waals surface area contributed by atoms with E-state index in [9.17, 15) is 12.8 Å². The van der Waals surface area contributed by atoms with E-state index in [1.807, 2.05) is 0 Å². The second kappa shape index (κ2) is 4.99. The van der Waals surface area contributed by atoms with Gasteiger partial charge in [0.2, 0.25) is 10.0 Å². The second-order valence-electron chi connectivity index (χ2n) is 3.26. The first-order chi connectivity index (χ1) is 7.36. The van der Waals surface area contributed by atoms with Crippen molar-refractivity contribution in [1.82, 2.24) is 0 Å². The van der Waals surface area contributed by atoms with Gasteiger partial charge < -0.3 is 5.11 Å². The Balaban J connectivity index is 2.97. The first-order valence-electron chi connectivity index (χ1n) is 4.44. The number of anilines is 1. The molecule has 0 bridgehead atoms. The molecule has 0 radical (unpaired) electrons. The van der Waals surface area contributed by atoms with E-state index in [0.717, 1.165) is 12.1 Å². The molecule has 1 aromatic rings. The predicted molar refractivity (Wildman–Crippen MR) is 60.5 cm³/mol. The Kier molecular flexibility index (Phi) is 4.12. The van der Waals surface area contributed by atoms with Crippen LogP contribution in [0.3, 0.4) is 0 Å². The number of halogens is 2. The lowest BCUT2D eigenvalue weighted by Crippen LogP contribution is -2.28. The molecule has 0 spiro atoms. The molecule has 1 unspecified atom stereocenters. The topological polar surface area (TPSA) is 66.4 Å². The summed E-state index contributed by atoms with van der Waals surface area (Å²) < 4.78 is 38.0. The molecule has 4 nitrogen and oxygen atoms in total. The second-order valence-corrected chi connectivity index (χ2v) is 5.77. The summed E-state index contributed by atoms with van der Waals surface area (Å²) in [6.07, 6.45) is 0. The Morgan fingerprint density at radius 1 is 1.56 bits per heavy atom. The van der Waals surface area contributed by atoms with Crippen molar-refractivity contribution in [3.8, 4) is 0 Å². The van der Waals surface area contributed by atoms with E-state index in [1.54, 1.807) is 0 Å². The zero-order valence-electron chi connectivity index (χ0n) is 8.44. The summed E-state index contributed by atoms with van der Waals surface area (Å²) in [5.41, 5.74) is 0.0865. The summed E-state index contributed by atoms with van der Waals surface area (Å²) in [5.74, 6) is -0.553. The smallest absolute Gasteiger partial charge is 0.237 e. The number of aliphatic hydroxyl groups excluding tert-OH is 1. The van der Waals surface area contributed by atoms with Crippen LogP contribution >= 0.6 is 11.6 Å². The molecule has 0 amide bonds. The number of benzene rings is 1. The molecule has 0 aliphatic carbocycles. The van der Waals surface area contributed by atoms with Crippen LogP contribution in [0, 0.1) is 5.82 Å². The van der Waals surface area contributed by atoms with Gasteiger partial charge in [-0.1, -0.05) is 11.6 Å². The predicted octanol–water partition coefficient (Wildman–Crippen LogP) is 1.60. The van der Waals surface area contributed by atoms with Crippen LogP contribution in [-0.2, 0) is 10.0 Å². The summed E-state index contributed by atoms with van der Waals surface area (Å²) in [7, 11) is -3.71. The molecule has 0 saturated carbocycles. The molecule has 1 atom stereocenters. The Bertz CT molecular complexity index is 478. The largest absolute Gasteiger partial charge is 0.395 e. The van der Waals surface area contributed by atoms with Crippen molar-refractivity contribution in [2.24, 2.45) is 0 Å². The van der Waals surface area contributed by atoms with Gasteiger partial charge >= 0.3 is 0 Å². The average molecular weight is 268 g/mol. The first kappa shape index (κ1) is 13.2. The average Bonchev–Trinajstić information content (AvgIpc) is 2.21. The quantitative estimate of drug-likeness (QED) is 0.871. The van der Waals surface area contributed by atoms with Crippen LogP contribution in [0.25, 0.3) is 0 Å². The number of hydrogen-bond acceptors (Lipinski definition) is 3. The minimum Gasteiger partial charge on any atom is -0.395 e. The SMILES string of the molecule is CC(CO)S(=O)(=O)Nc1ccc(F)cc1Cl. The van der Waals surface area contributed by atoms with Crippen molar-refractivity contribution in [3.63, 3.8) is 0 Å². The molecular formula is C9H11ClFNO3S. The molecule has 0 saturated heterocycles. The standard InChI is InChI=1S/C9H11ClFNO3S/c1-6(5-13)16(14,15)12-9-3-2-7(11)4-8(9)10/h2-4,6,12-13H,5H2,1H3. The summed E-state index contributed by atoms with van der Waals surface area (Å²) in [6.45, 7) is 0.841. The lowest BCUT2D eigenvalue weighted by atomic mass is 10.3. The van der Waals surface area contributed by atoms with E-state index in [0.29, 0.717) is 0 Å². The molecule has 1 aromatic carbocycles. The maximum atomic E-state index is 12.7.